The molecule has 0 spiro atoms. The summed E-state index contributed by atoms with van der Waals surface area (Å²) in [5, 5.41) is 16.0. The zero-order chi connectivity index (χ0) is 41.2. The number of halogens is 3. The number of aldehydes is 1. The summed E-state index contributed by atoms with van der Waals surface area (Å²) in [6.45, 7) is 9.63. The van der Waals surface area contributed by atoms with Crippen molar-refractivity contribution in [3.8, 4) is 11.6 Å². The van der Waals surface area contributed by atoms with E-state index in [1.165, 1.54) is 0 Å². The van der Waals surface area contributed by atoms with Gasteiger partial charge in [-0.25, -0.2) is 0 Å². The number of benzene rings is 3. The monoisotopic (exact) mass is 802 g/mol. The molecule has 4 atom stereocenters. The van der Waals surface area contributed by atoms with Gasteiger partial charge in [-0.1, -0.05) is 81.4 Å². The third kappa shape index (κ3) is 6.70. The summed E-state index contributed by atoms with van der Waals surface area (Å²) in [5.41, 5.74) is -3.67. The van der Waals surface area contributed by atoms with Crippen molar-refractivity contribution in [3.05, 3.63) is 117 Å². The van der Waals surface area contributed by atoms with E-state index in [1.54, 1.807) is 49.3 Å². The molecule has 3 aromatic carbocycles. The quantitative estimate of drug-likeness (QED) is 0.0943. The Labute approximate surface area is 329 Å². The second kappa shape index (κ2) is 14.4. The van der Waals surface area contributed by atoms with E-state index >= 15 is 9.59 Å². The highest BCUT2D eigenvalue weighted by molar-refractivity contribution is 6.74. The van der Waals surface area contributed by atoms with Gasteiger partial charge in [0.15, 0.2) is 26.0 Å². The fourth-order valence-corrected chi connectivity index (χ4v) is 9.77. The number of ketones is 2. The lowest BCUT2D eigenvalue weighted by molar-refractivity contribution is -0.140. The summed E-state index contributed by atoms with van der Waals surface area (Å²) in [4.78, 5) is 45.1. The van der Waals surface area contributed by atoms with Gasteiger partial charge in [-0.3, -0.25) is 19.3 Å². The van der Waals surface area contributed by atoms with Crippen LogP contribution >= 0.6 is 0 Å². The summed E-state index contributed by atoms with van der Waals surface area (Å²) in [6.07, 6.45) is -5.32. The van der Waals surface area contributed by atoms with Crippen molar-refractivity contribution in [2.75, 3.05) is 14.1 Å². The van der Waals surface area contributed by atoms with Gasteiger partial charge in [-0.05, 0) is 78.9 Å². The lowest BCUT2D eigenvalue weighted by atomic mass is 9.57. The summed E-state index contributed by atoms with van der Waals surface area (Å²) in [5.74, 6) is -4.55. The first-order valence-electron chi connectivity index (χ1n) is 18.8. The van der Waals surface area contributed by atoms with E-state index < -0.39 is 71.5 Å². The Morgan fingerprint density at radius 2 is 1.54 bits per heavy atom. The number of carbonyl (C=O) groups excluding carboxylic acids is 3. The number of Topliss-reactive ketones (excluding diaryl/α,β-unsaturated/α-hetero) is 2. The van der Waals surface area contributed by atoms with Gasteiger partial charge in [-0.15, -0.1) is 0 Å². The van der Waals surface area contributed by atoms with E-state index in [2.05, 4.69) is 5.16 Å². The molecular weight excluding hydrogens is 758 g/mol. The van der Waals surface area contributed by atoms with Gasteiger partial charge in [0.1, 0.15) is 30.3 Å². The molecule has 10 nitrogen and oxygen atoms in total. The fourth-order valence-electron chi connectivity index (χ4n) is 8.32. The molecule has 1 heterocycles. The Bertz CT molecular complexity index is 2260. The van der Waals surface area contributed by atoms with E-state index in [-0.39, 0.29) is 72.0 Å². The molecule has 1 saturated carbocycles. The molecule has 57 heavy (non-hydrogen) atoms. The van der Waals surface area contributed by atoms with Crippen molar-refractivity contribution in [2.45, 2.75) is 82.8 Å². The van der Waals surface area contributed by atoms with Crippen molar-refractivity contribution in [3.63, 3.8) is 0 Å². The lowest BCUT2D eigenvalue weighted by Gasteiger charge is -2.55. The topological polar surface area (TPSA) is 128 Å². The number of aliphatic hydroxyl groups excluding tert-OH is 1. The number of fused-ring (bicyclic) bond motifs is 4. The van der Waals surface area contributed by atoms with Crippen LogP contribution in [0.5, 0.6) is 11.6 Å². The van der Waals surface area contributed by atoms with Crippen LogP contribution in [0.15, 0.2) is 76.8 Å². The van der Waals surface area contributed by atoms with Crippen LogP contribution in [-0.2, 0) is 35.0 Å². The third-order valence-electron chi connectivity index (χ3n) is 12.0. The molecule has 4 aromatic rings. The largest absolute Gasteiger partial charge is 0.507 e. The number of carbonyl (C=O) groups is 3. The molecule has 14 heteroatoms. The van der Waals surface area contributed by atoms with Crippen molar-refractivity contribution in [2.24, 2.45) is 11.8 Å². The van der Waals surface area contributed by atoms with Gasteiger partial charge in [0.25, 0.3) is 5.88 Å². The molecule has 0 amide bonds. The molecule has 1 N–H and O–H groups in total. The molecule has 3 aliphatic rings. The minimum Gasteiger partial charge on any atom is -0.507 e. The van der Waals surface area contributed by atoms with Crippen LogP contribution in [0.1, 0.15) is 87.5 Å². The first-order chi connectivity index (χ1) is 26.8. The highest BCUT2D eigenvalue weighted by atomic mass is 28.4. The van der Waals surface area contributed by atoms with Crippen LogP contribution < -0.4 is 9.47 Å². The van der Waals surface area contributed by atoms with Crippen molar-refractivity contribution < 1.29 is 51.1 Å². The SMILES string of the molecule is CN(C)[C@@H]1c2onc(OCc3ccccc3)c2C(=O)[C@@]2(O[Si](C)(C)C(C)(C)C)C(=O)C3=C(O)c4c(OCc5ccccc5)cc(C=O)c(C(F)(F)F)c4C[C@H]3C[C@@H]12. The van der Waals surface area contributed by atoms with E-state index in [0.29, 0.717) is 5.56 Å². The number of rotatable bonds is 10. The molecule has 0 saturated heterocycles. The van der Waals surface area contributed by atoms with Crippen LogP contribution in [0.3, 0.4) is 0 Å². The Kier molecular flexibility index (Phi) is 10.1. The van der Waals surface area contributed by atoms with Gasteiger partial charge >= 0.3 is 6.18 Å². The van der Waals surface area contributed by atoms with Gasteiger partial charge in [0, 0.05) is 17.1 Å². The third-order valence-corrected chi connectivity index (χ3v) is 16.4. The molecule has 7 rings (SSSR count). The van der Waals surface area contributed by atoms with Crippen molar-refractivity contribution in [1.29, 1.82) is 0 Å². The van der Waals surface area contributed by atoms with Crippen LogP contribution in [-0.4, -0.2) is 61.0 Å². The Morgan fingerprint density at radius 1 is 0.947 bits per heavy atom. The fraction of sp³-hybridized carbons (Fsp3) is 0.395. The predicted molar refractivity (Wildman–Crippen MR) is 207 cm³/mol. The van der Waals surface area contributed by atoms with Crippen LogP contribution in [0.25, 0.3) is 5.76 Å². The lowest BCUT2D eigenvalue weighted by Crippen LogP contribution is -2.68. The smallest absolute Gasteiger partial charge is 0.417 e. The number of aliphatic hydroxyl groups is 1. The summed E-state index contributed by atoms with van der Waals surface area (Å²) >= 11 is 0. The number of hydrogen-bond acceptors (Lipinski definition) is 10. The average molecular weight is 803 g/mol. The molecule has 0 bridgehead atoms. The van der Waals surface area contributed by atoms with Crippen LogP contribution in [0.2, 0.25) is 18.1 Å². The van der Waals surface area contributed by atoms with E-state index in [4.69, 9.17) is 18.4 Å². The first-order valence-corrected chi connectivity index (χ1v) is 21.7. The van der Waals surface area contributed by atoms with Gasteiger partial charge < -0.3 is 23.5 Å². The molecule has 300 valence electrons. The normalized spacial score (nSPS) is 22.1. The zero-order valence-electron chi connectivity index (χ0n) is 32.8. The molecule has 0 radical (unpaired) electrons. The Hall–Kier alpha value is -5.05. The minimum absolute atomic E-state index is 0.0358. The second-order valence-electron chi connectivity index (χ2n) is 16.8. The van der Waals surface area contributed by atoms with Crippen LogP contribution in [0.4, 0.5) is 13.2 Å². The summed E-state index contributed by atoms with van der Waals surface area (Å²) in [6, 6.07) is 18.2. The van der Waals surface area contributed by atoms with Gasteiger partial charge in [-0.2, -0.15) is 13.2 Å². The predicted octanol–water partition coefficient (Wildman–Crippen LogP) is 8.95. The molecular formula is C43H45F3N2O8Si. The molecule has 0 unspecified atom stereocenters. The van der Waals surface area contributed by atoms with Gasteiger partial charge in [0.05, 0.1) is 17.2 Å². The first kappa shape index (κ1) is 40.2. The van der Waals surface area contributed by atoms with E-state index in [1.807, 2.05) is 64.2 Å². The van der Waals surface area contributed by atoms with E-state index in [9.17, 15) is 23.1 Å². The maximum Gasteiger partial charge on any atom is 0.417 e. The highest BCUT2D eigenvalue weighted by Crippen LogP contribution is 2.60. The summed E-state index contributed by atoms with van der Waals surface area (Å²) in [7, 11) is 0.411. The Morgan fingerprint density at radius 3 is 2.09 bits per heavy atom. The number of ether oxygens (including phenoxy) is 2. The summed E-state index contributed by atoms with van der Waals surface area (Å²) < 4.78 is 70.0. The number of nitrogens with zero attached hydrogens (tertiary/aromatic N) is 2. The molecule has 1 fully saturated rings. The highest BCUT2D eigenvalue weighted by Gasteiger charge is 2.69. The number of alkyl halides is 3. The van der Waals surface area contributed by atoms with Crippen molar-refractivity contribution >= 4 is 31.9 Å². The Balaban J connectivity index is 1.45. The standard InChI is InChI=1S/C43H45F3N2O8Si/c1-41(2,3)57(6,7)56-42-29(35(48(4)5)37-33(39(42)52)40(47-55-37)54-23-25-16-12-9-13-17-25)19-26-18-28-32(36(50)31(26)38(42)51)30(53-22-24-14-10-8-11-15-24)20-27(21-49)34(28)43(44,45)46/h8-17,20-21,26,29,35,50H,18-19,22-23H2,1-7H3/t26-,29-,35-,42-/m0/s1. The maximum absolute atomic E-state index is 15.7. The average Bonchev–Trinajstić information content (AvgIpc) is 3.56. The van der Waals surface area contributed by atoms with Gasteiger partial charge in [0.2, 0.25) is 11.6 Å². The maximum atomic E-state index is 15.7. The molecule has 3 aliphatic carbocycles. The van der Waals surface area contributed by atoms with Crippen LogP contribution in [0, 0.1) is 11.8 Å². The molecule has 0 aliphatic heterocycles. The molecule has 1 aromatic heterocycles. The second-order valence-corrected chi connectivity index (χ2v) is 21.5. The zero-order valence-corrected chi connectivity index (χ0v) is 33.8. The van der Waals surface area contributed by atoms with Crippen molar-refractivity contribution in [1.82, 2.24) is 10.1 Å². The number of hydrogen-bond donors (Lipinski definition) is 1. The van der Waals surface area contributed by atoms with E-state index in [0.717, 1.165) is 11.6 Å². The number of aromatic nitrogens is 1. The minimum atomic E-state index is -5.00.